The molecule has 0 N–H and O–H groups in total. The van der Waals surface area contributed by atoms with Crippen LogP contribution < -0.4 is 0 Å². The lowest BCUT2D eigenvalue weighted by atomic mass is 10.1. The monoisotopic (exact) mass is 168 g/mol. The van der Waals surface area contributed by atoms with Crippen LogP contribution in [0.15, 0.2) is 11.8 Å². The SMILES string of the molecule is CCCC/C=C1\CCCC(=O)O1. The second kappa shape index (κ2) is 4.96. The van der Waals surface area contributed by atoms with Crippen LogP contribution in [0.25, 0.3) is 0 Å². The van der Waals surface area contributed by atoms with Gasteiger partial charge in [-0.15, -0.1) is 0 Å². The van der Waals surface area contributed by atoms with Gasteiger partial charge in [0.1, 0.15) is 5.76 Å². The number of unbranched alkanes of at least 4 members (excludes halogenated alkanes) is 2. The molecule has 1 rings (SSSR count). The molecule has 1 aliphatic rings. The van der Waals surface area contributed by atoms with Gasteiger partial charge in [0.15, 0.2) is 0 Å². The molecule has 0 aliphatic carbocycles. The minimum Gasteiger partial charge on any atom is -0.431 e. The van der Waals surface area contributed by atoms with Crippen molar-refractivity contribution in [1.29, 1.82) is 0 Å². The van der Waals surface area contributed by atoms with Gasteiger partial charge < -0.3 is 4.74 Å². The lowest BCUT2D eigenvalue weighted by molar-refractivity contribution is -0.141. The summed E-state index contributed by atoms with van der Waals surface area (Å²) in [5.74, 6) is 0.823. The van der Waals surface area contributed by atoms with E-state index < -0.39 is 0 Å². The molecule has 0 aromatic carbocycles. The lowest BCUT2D eigenvalue weighted by Gasteiger charge is -2.13. The fourth-order valence-electron chi connectivity index (χ4n) is 1.27. The summed E-state index contributed by atoms with van der Waals surface area (Å²) in [5, 5.41) is 0. The molecule has 0 saturated carbocycles. The van der Waals surface area contributed by atoms with Crippen LogP contribution in [-0.2, 0) is 9.53 Å². The molecule has 1 saturated heterocycles. The predicted octanol–water partition coefficient (Wildman–Crippen LogP) is 2.79. The number of hydrogen-bond donors (Lipinski definition) is 0. The number of rotatable bonds is 3. The Hall–Kier alpha value is -0.790. The second-order valence-electron chi connectivity index (χ2n) is 3.14. The van der Waals surface area contributed by atoms with E-state index in [1.54, 1.807) is 0 Å². The maximum Gasteiger partial charge on any atom is 0.310 e. The van der Waals surface area contributed by atoms with Gasteiger partial charge in [0.2, 0.25) is 0 Å². The van der Waals surface area contributed by atoms with Crippen molar-refractivity contribution in [1.82, 2.24) is 0 Å². The standard InChI is InChI=1S/C10H16O2/c1-2-3-4-6-9-7-5-8-10(11)12-9/h6H,2-5,7-8H2,1H3/b9-6+. The largest absolute Gasteiger partial charge is 0.431 e. The highest BCUT2D eigenvalue weighted by Crippen LogP contribution is 2.18. The highest BCUT2D eigenvalue weighted by Gasteiger charge is 2.13. The molecular formula is C10H16O2. The van der Waals surface area contributed by atoms with Crippen molar-refractivity contribution in [3.8, 4) is 0 Å². The van der Waals surface area contributed by atoms with Crippen LogP contribution in [0.2, 0.25) is 0 Å². The summed E-state index contributed by atoms with van der Waals surface area (Å²) in [6, 6.07) is 0. The summed E-state index contributed by atoms with van der Waals surface area (Å²) in [4.78, 5) is 10.8. The summed E-state index contributed by atoms with van der Waals surface area (Å²) >= 11 is 0. The van der Waals surface area contributed by atoms with Crippen molar-refractivity contribution in [3.05, 3.63) is 11.8 Å². The van der Waals surface area contributed by atoms with E-state index in [1.807, 2.05) is 0 Å². The van der Waals surface area contributed by atoms with Gasteiger partial charge in [-0.3, -0.25) is 4.79 Å². The number of hydrogen-bond acceptors (Lipinski definition) is 2. The lowest BCUT2D eigenvalue weighted by Crippen LogP contribution is -2.10. The van der Waals surface area contributed by atoms with Gasteiger partial charge in [-0.1, -0.05) is 13.3 Å². The molecule has 2 heteroatoms. The van der Waals surface area contributed by atoms with Crippen LogP contribution in [0, 0.1) is 0 Å². The van der Waals surface area contributed by atoms with Crippen molar-refractivity contribution in [3.63, 3.8) is 0 Å². The van der Waals surface area contributed by atoms with Gasteiger partial charge in [-0.25, -0.2) is 0 Å². The molecule has 68 valence electrons. The zero-order chi connectivity index (χ0) is 8.81. The van der Waals surface area contributed by atoms with E-state index in [1.165, 1.54) is 12.8 Å². The number of ether oxygens (including phenoxy) is 1. The number of esters is 1. The zero-order valence-electron chi connectivity index (χ0n) is 7.64. The van der Waals surface area contributed by atoms with Crippen LogP contribution in [-0.4, -0.2) is 5.97 Å². The van der Waals surface area contributed by atoms with Gasteiger partial charge in [0, 0.05) is 12.8 Å². The first-order valence-corrected chi connectivity index (χ1v) is 4.72. The first-order valence-electron chi connectivity index (χ1n) is 4.72. The number of allylic oxidation sites excluding steroid dienone is 2. The van der Waals surface area contributed by atoms with E-state index in [0.29, 0.717) is 6.42 Å². The Morgan fingerprint density at radius 1 is 1.50 bits per heavy atom. The third-order valence-corrected chi connectivity index (χ3v) is 1.98. The third-order valence-electron chi connectivity index (χ3n) is 1.98. The fraction of sp³-hybridized carbons (Fsp3) is 0.700. The van der Waals surface area contributed by atoms with Gasteiger partial charge in [-0.2, -0.15) is 0 Å². The molecule has 0 bridgehead atoms. The molecule has 0 atom stereocenters. The molecule has 0 spiro atoms. The third kappa shape index (κ3) is 3.07. The van der Waals surface area contributed by atoms with E-state index in [-0.39, 0.29) is 5.97 Å². The quantitative estimate of drug-likeness (QED) is 0.478. The molecule has 0 radical (unpaired) electrons. The van der Waals surface area contributed by atoms with Crippen molar-refractivity contribution in [2.75, 3.05) is 0 Å². The first kappa shape index (κ1) is 9.30. The average Bonchev–Trinajstić information content (AvgIpc) is 2.05. The Kier molecular flexibility index (Phi) is 3.85. The molecule has 2 nitrogen and oxygen atoms in total. The molecule has 1 fully saturated rings. The summed E-state index contributed by atoms with van der Waals surface area (Å²) in [5.41, 5.74) is 0. The van der Waals surface area contributed by atoms with E-state index in [4.69, 9.17) is 4.74 Å². The molecular weight excluding hydrogens is 152 g/mol. The number of cyclic esters (lactones) is 1. The fourth-order valence-corrected chi connectivity index (χ4v) is 1.27. The second-order valence-corrected chi connectivity index (χ2v) is 3.14. The van der Waals surface area contributed by atoms with Crippen LogP contribution >= 0.6 is 0 Å². The number of carbonyl (C=O) groups is 1. The summed E-state index contributed by atoms with van der Waals surface area (Å²) in [6.45, 7) is 2.16. The van der Waals surface area contributed by atoms with Crippen LogP contribution in [0.3, 0.4) is 0 Å². The van der Waals surface area contributed by atoms with Gasteiger partial charge in [0.05, 0.1) is 0 Å². The molecule has 0 aromatic heterocycles. The molecule has 1 heterocycles. The van der Waals surface area contributed by atoms with Gasteiger partial charge in [-0.05, 0) is 25.3 Å². The van der Waals surface area contributed by atoms with Crippen molar-refractivity contribution in [2.45, 2.75) is 45.4 Å². The Balaban J connectivity index is 2.29. The van der Waals surface area contributed by atoms with Gasteiger partial charge >= 0.3 is 5.97 Å². The maximum absolute atomic E-state index is 10.8. The molecule has 0 unspecified atom stereocenters. The van der Waals surface area contributed by atoms with Gasteiger partial charge in [0.25, 0.3) is 0 Å². The molecule has 12 heavy (non-hydrogen) atoms. The van der Waals surface area contributed by atoms with Crippen molar-refractivity contribution in [2.24, 2.45) is 0 Å². The Labute approximate surface area is 73.6 Å². The summed E-state index contributed by atoms with van der Waals surface area (Å²) in [6.07, 6.45) is 7.95. The Morgan fingerprint density at radius 3 is 3.00 bits per heavy atom. The average molecular weight is 168 g/mol. The summed E-state index contributed by atoms with van der Waals surface area (Å²) < 4.78 is 5.06. The van der Waals surface area contributed by atoms with E-state index >= 15 is 0 Å². The van der Waals surface area contributed by atoms with E-state index in [2.05, 4.69) is 13.0 Å². The van der Waals surface area contributed by atoms with Crippen molar-refractivity contribution >= 4 is 5.97 Å². The van der Waals surface area contributed by atoms with Crippen LogP contribution in [0.4, 0.5) is 0 Å². The summed E-state index contributed by atoms with van der Waals surface area (Å²) in [7, 11) is 0. The Morgan fingerprint density at radius 2 is 2.33 bits per heavy atom. The van der Waals surface area contributed by atoms with Crippen molar-refractivity contribution < 1.29 is 9.53 Å². The zero-order valence-corrected chi connectivity index (χ0v) is 7.64. The Bertz CT molecular complexity index is 182. The van der Waals surface area contributed by atoms with E-state index in [0.717, 1.165) is 25.0 Å². The van der Waals surface area contributed by atoms with E-state index in [9.17, 15) is 4.79 Å². The first-order chi connectivity index (χ1) is 5.83. The normalized spacial score (nSPS) is 21.1. The van der Waals surface area contributed by atoms with Crippen LogP contribution in [0.5, 0.6) is 0 Å². The highest BCUT2D eigenvalue weighted by molar-refractivity contribution is 5.71. The molecule has 0 amide bonds. The maximum atomic E-state index is 10.8. The molecule has 1 aliphatic heterocycles. The predicted molar refractivity (Wildman–Crippen MR) is 47.6 cm³/mol. The molecule has 0 aromatic rings. The topological polar surface area (TPSA) is 26.3 Å². The smallest absolute Gasteiger partial charge is 0.310 e. The van der Waals surface area contributed by atoms with Crippen LogP contribution in [0.1, 0.15) is 45.4 Å². The minimum absolute atomic E-state index is 0.0657. The minimum atomic E-state index is -0.0657. The number of carbonyl (C=O) groups excluding carboxylic acids is 1. The highest BCUT2D eigenvalue weighted by atomic mass is 16.5.